The van der Waals surface area contributed by atoms with Crippen LogP contribution in [0.5, 0.6) is 5.75 Å². The molecule has 1 N–H and O–H groups in total. The van der Waals surface area contributed by atoms with Crippen molar-refractivity contribution >= 4 is 0 Å². The van der Waals surface area contributed by atoms with Gasteiger partial charge in [0, 0.05) is 0 Å². The van der Waals surface area contributed by atoms with Crippen molar-refractivity contribution in [3.63, 3.8) is 0 Å². The van der Waals surface area contributed by atoms with Gasteiger partial charge in [-0.25, -0.2) is 0 Å². The molecule has 0 aliphatic carbocycles. The van der Waals surface area contributed by atoms with E-state index in [2.05, 4.69) is 5.92 Å². The highest BCUT2D eigenvalue weighted by molar-refractivity contribution is 5.32. The van der Waals surface area contributed by atoms with Crippen molar-refractivity contribution < 1.29 is 9.84 Å². The summed E-state index contributed by atoms with van der Waals surface area (Å²) < 4.78 is 5.26. The van der Waals surface area contributed by atoms with Crippen molar-refractivity contribution in [3.8, 4) is 18.1 Å². The first-order valence-electron chi connectivity index (χ1n) is 4.15. The highest BCUT2D eigenvalue weighted by Crippen LogP contribution is 2.18. The van der Waals surface area contributed by atoms with Crippen molar-refractivity contribution in [2.24, 2.45) is 0 Å². The Kier molecular flexibility index (Phi) is 3.36. The van der Waals surface area contributed by atoms with E-state index in [0.29, 0.717) is 12.2 Å². The fourth-order valence-corrected chi connectivity index (χ4v) is 1.04. The number of aliphatic hydroxyl groups excluding tert-OH is 1. The number of ether oxygens (including phenoxy) is 1. The summed E-state index contributed by atoms with van der Waals surface area (Å²) in [6.07, 6.45) is 4.24. The molecule has 0 amide bonds. The molecule has 0 radical (unpaired) electrons. The van der Waals surface area contributed by atoms with Gasteiger partial charge in [0.2, 0.25) is 0 Å². The third-order valence-electron chi connectivity index (χ3n) is 1.64. The SMILES string of the molecule is C#CC(O)c1cccc(OCC)c1. The Balaban J connectivity index is 2.86. The second-order valence-corrected chi connectivity index (χ2v) is 2.57. The molecule has 1 aromatic carbocycles. The van der Waals surface area contributed by atoms with Gasteiger partial charge < -0.3 is 9.84 Å². The van der Waals surface area contributed by atoms with Gasteiger partial charge in [-0.3, -0.25) is 0 Å². The minimum Gasteiger partial charge on any atom is -0.494 e. The fourth-order valence-electron chi connectivity index (χ4n) is 1.04. The standard InChI is InChI=1S/C11H12O2/c1-3-11(12)9-6-5-7-10(8-9)13-4-2/h1,5-8,11-12H,4H2,2H3. The monoisotopic (exact) mass is 176 g/mol. The average molecular weight is 176 g/mol. The summed E-state index contributed by atoms with van der Waals surface area (Å²) in [6.45, 7) is 2.51. The molecular formula is C11H12O2. The first-order chi connectivity index (χ1) is 6.27. The molecule has 0 fully saturated rings. The van der Waals surface area contributed by atoms with Crippen LogP contribution in [0.3, 0.4) is 0 Å². The van der Waals surface area contributed by atoms with Gasteiger partial charge in [0.05, 0.1) is 6.61 Å². The predicted octanol–water partition coefficient (Wildman–Crippen LogP) is 1.75. The number of benzene rings is 1. The first kappa shape index (κ1) is 9.63. The van der Waals surface area contributed by atoms with Crippen LogP contribution in [-0.4, -0.2) is 11.7 Å². The molecule has 0 aromatic heterocycles. The maximum atomic E-state index is 9.33. The molecule has 0 bridgehead atoms. The van der Waals surface area contributed by atoms with Crippen LogP contribution in [-0.2, 0) is 0 Å². The zero-order valence-electron chi connectivity index (χ0n) is 7.53. The summed E-state index contributed by atoms with van der Waals surface area (Å²) in [5.74, 6) is 2.98. The number of rotatable bonds is 3. The molecule has 0 spiro atoms. The normalized spacial score (nSPS) is 11.8. The summed E-state index contributed by atoms with van der Waals surface area (Å²) in [4.78, 5) is 0. The van der Waals surface area contributed by atoms with Crippen molar-refractivity contribution in [3.05, 3.63) is 29.8 Å². The quantitative estimate of drug-likeness (QED) is 0.711. The summed E-state index contributed by atoms with van der Waals surface area (Å²) in [5.41, 5.74) is 0.688. The molecule has 2 heteroatoms. The lowest BCUT2D eigenvalue weighted by molar-refractivity contribution is 0.237. The molecule has 0 aliphatic heterocycles. The molecule has 2 nitrogen and oxygen atoms in total. The number of aliphatic hydroxyl groups is 1. The van der Waals surface area contributed by atoms with Crippen LogP contribution in [0.15, 0.2) is 24.3 Å². The third-order valence-corrected chi connectivity index (χ3v) is 1.64. The van der Waals surface area contributed by atoms with E-state index in [1.807, 2.05) is 13.0 Å². The van der Waals surface area contributed by atoms with Gasteiger partial charge in [0.25, 0.3) is 0 Å². The zero-order chi connectivity index (χ0) is 9.68. The van der Waals surface area contributed by atoms with Gasteiger partial charge >= 0.3 is 0 Å². The minimum absolute atomic E-state index is 0.607. The molecule has 0 heterocycles. The Hall–Kier alpha value is -1.46. The van der Waals surface area contributed by atoms with Crippen LogP contribution in [0.2, 0.25) is 0 Å². The molecule has 13 heavy (non-hydrogen) atoms. The summed E-state index contributed by atoms with van der Waals surface area (Å²) in [6, 6.07) is 7.15. The Morgan fingerprint density at radius 1 is 1.62 bits per heavy atom. The maximum absolute atomic E-state index is 9.33. The lowest BCUT2D eigenvalue weighted by atomic mass is 10.1. The van der Waals surface area contributed by atoms with E-state index in [4.69, 9.17) is 11.2 Å². The summed E-state index contributed by atoms with van der Waals surface area (Å²) in [5, 5.41) is 9.33. The number of terminal acetylenes is 1. The second-order valence-electron chi connectivity index (χ2n) is 2.57. The average Bonchev–Trinajstić information content (AvgIpc) is 2.18. The van der Waals surface area contributed by atoms with Crippen LogP contribution in [0.1, 0.15) is 18.6 Å². The first-order valence-corrected chi connectivity index (χ1v) is 4.15. The fraction of sp³-hybridized carbons (Fsp3) is 0.273. The predicted molar refractivity (Wildman–Crippen MR) is 51.4 cm³/mol. The van der Waals surface area contributed by atoms with Crippen LogP contribution >= 0.6 is 0 Å². The molecular weight excluding hydrogens is 164 g/mol. The summed E-state index contributed by atoms with van der Waals surface area (Å²) in [7, 11) is 0. The Morgan fingerprint density at radius 3 is 3.00 bits per heavy atom. The van der Waals surface area contributed by atoms with Gasteiger partial charge in [-0.15, -0.1) is 6.42 Å². The van der Waals surface area contributed by atoms with Crippen molar-refractivity contribution in [2.45, 2.75) is 13.0 Å². The van der Waals surface area contributed by atoms with E-state index in [1.165, 1.54) is 0 Å². The van der Waals surface area contributed by atoms with E-state index in [1.54, 1.807) is 18.2 Å². The van der Waals surface area contributed by atoms with Crippen LogP contribution in [0.4, 0.5) is 0 Å². The van der Waals surface area contributed by atoms with Gasteiger partial charge in [0.1, 0.15) is 11.9 Å². The van der Waals surface area contributed by atoms with E-state index in [9.17, 15) is 5.11 Å². The minimum atomic E-state index is -0.847. The van der Waals surface area contributed by atoms with Gasteiger partial charge in [-0.05, 0) is 24.6 Å². The molecule has 68 valence electrons. The largest absolute Gasteiger partial charge is 0.494 e. The van der Waals surface area contributed by atoms with E-state index >= 15 is 0 Å². The lowest BCUT2D eigenvalue weighted by Crippen LogP contribution is -1.96. The van der Waals surface area contributed by atoms with Crippen molar-refractivity contribution in [1.29, 1.82) is 0 Å². The summed E-state index contributed by atoms with van der Waals surface area (Å²) >= 11 is 0. The Bertz CT molecular complexity index is 312. The zero-order valence-corrected chi connectivity index (χ0v) is 7.53. The maximum Gasteiger partial charge on any atom is 0.140 e. The Morgan fingerprint density at radius 2 is 2.38 bits per heavy atom. The lowest BCUT2D eigenvalue weighted by Gasteiger charge is -2.06. The van der Waals surface area contributed by atoms with Gasteiger partial charge in [0.15, 0.2) is 0 Å². The number of hydrogen-bond donors (Lipinski definition) is 1. The molecule has 1 aromatic rings. The van der Waals surface area contributed by atoms with Crippen molar-refractivity contribution in [1.82, 2.24) is 0 Å². The third kappa shape index (κ3) is 2.50. The molecule has 1 atom stereocenters. The molecule has 0 aliphatic rings. The van der Waals surface area contributed by atoms with Crippen LogP contribution < -0.4 is 4.74 Å². The van der Waals surface area contributed by atoms with Crippen LogP contribution in [0.25, 0.3) is 0 Å². The highest BCUT2D eigenvalue weighted by atomic mass is 16.5. The van der Waals surface area contributed by atoms with E-state index in [-0.39, 0.29) is 0 Å². The highest BCUT2D eigenvalue weighted by Gasteiger charge is 2.03. The van der Waals surface area contributed by atoms with E-state index in [0.717, 1.165) is 5.75 Å². The Labute approximate surface area is 78.2 Å². The molecule has 0 saturated heterocycles. The number of hydrogen-bond acceptors (Lipinski definition) is 2. The van der Waals surface area contributed by atoms with Crippen LogP contribution in [0, 0.1) is 12.3 Å². The topological polar surface area (TPSA) is 29.5 Å². The molecule has 1 rings (SSSR count). The van der Waals surface area contributed by atoms with Gasteiger partial charge in [-0.2, -0.15) is 0 Å². The molecule has 1 unspecified atom stereocenters. The van der Waals surface area contributed by atoms with E-state index < -0.39 is 6.10 Å². The van der Waals surface area contributed by atoms with Crippen molar-refractivity contribution in [2.75, 3.05) is 6.61 Å². The smallest absolute Gasteiger partial charge is 0.140 e. The molecule has 0 saturated carbocycles. The van der Waals surface area contributed by atoms with Gasteiger partial charge in [-0.1, -0.05) is 18.1 Å². The second kappa shape index (κ2) is 4.54.